The Labute approximate surface area is 135 Å². The van der Waals surface area contributed by atoms with Crippen LogP contribution in [-0.2, 0) is 16.8 Å². The van der Waals surface area contributed by atoms with E-state index in [2.05, 4.69) is 11.9 Å². The monoisotopic (exact) mass is 342 g/mol. The first-order valence-corrected chi connectivity index (χ1v) is 9.79. The highest BCUT2D eigenvalue weighted by Crippen LogP contribution is 2.23. The Hall–Kier alpha value is -0.960. The number of hydrogen-bond donors (Lipinski definition) is 0. The molecule has 0 aliphatic carbocycles. The molecule has 3 rings (SSSR count). The fourth-order valence-electron chi connectivity index (χ4n) is 2.98. The van der Waals surface area contributed by atoms with E-state index in [4.69, 9.17) is 0 Å². The van der Waals surface area contributed by atoms with Gasteiger partial charge >= 0.3 is 0 Å². The highest BCUT2D eigenvalue weighted by Gasteiger charge is 2.31. The Morgan fingerprint density at radius 1 is 1.50 bits per heavy atom. The van der Waals surface area contributed by atoms with Crippen LogP contribution in [0.4, 0.5) is 0 Å². The summed E-state index contributed by atoms with van der Waals surface area (Å²) in [5.41, 5.74) is 1.83. The molecule has 6 nitrogen and oxygen atoms in total. The van der Waals surface area contributed by atoms with Crippen LogP contribution in [-0.4, -0.2) is 46.6 Å². The van der Waals surface area contributed by atoms with Crippen molar-refractivity contribution in [2.24, 2.45) is 5.92 Å². The summed E-state index contributed by atoms with van der Waals surface area (Å²) in [5.74, 6) is 0.428. The maximum absolute atomic E-state index is 12.8. The molecular formula is C14H22N4O2S2. The molecule has 122 valence electrons. The molecule has 2 aromatic heterocycles. The van der Waals surface area contributed by atoms with Gasteiger partial charge in [-0.1, -0.05) is 6.92 Å². The van der Waals surface area contributed by atoms with Gasteiger partial charge < -0.3 is 0 Å². The van der Waals surface area contributed by atoms with Gasteiger partial charge in [-0.15, -0.1) is 11.3 Å². The van der Waals surface area contributed by atoms with E-state index in [1.165, 1.54) is 4.31 Å². The molecular weight excluding hydrogens is 320 g/mol. The molecule has 0 amide bonds. The van der Waals surface area contributed by atoms with Crippen molar-refractivity contribution >= 4 is 26.5 Å². The summed E-state index contributed by atoms with van der Waals surface area (Å²) in [6, 6.07) is 0. The highest BCUT2D eigenvalue weighted by molar-refractivity contribution is 7.86. The van der Waals surface area contributed by atoms with Crippen LogP contribution in [0.5, 0.6) is 0 Å². The third kappa shape index (κ3) is 2.80. The van der Waals surface area contributed by atoms with Crippen LogP contribution < -0.4 is 0 Å². The molecule has 0 radical (unpaired) electrons. The molecule has 2 aromatic rings. The summed E-state index contributed by atoms with van der Waals surface area (Å²) in [5, 5.41) is 1.96. The summed E-state index contributed by atoms with van der Waals surface area (Å²) >= 11 is 1.56. The largest absolute Gasteiger partial charge is 0.293 e. The number of rotatable bonds is 4. The zero-order valence-corrected chi connectivity index (χ0v) is 14.8. The van der Waals surface area contributed by atoms with Crippen LogP contribution in [0.15, 0.2) is 11.6 Å². The number of piperidine rings is 1. The van der Waals surface area contributed by atoms with Crippen molar-refractivity contribution in [2.45, 2.75) is 33.2 Å². The van der Waals surface area contributed by atoms with Crippen LogP contribution in [0.25, 0.3) is 4.96 Å². The Bertz CT molecular complexity index is 765. The second-order valence-corrected chi connectivity index (χ2v) is 8.98. The molecule has 1 fully saturated rings. The zero-order chi connectivity index (χ0) is 15.9. The Morgan fingerprint density at radius 3 is 3.00 bits per heavy atom. The molecule has 3 heterocycles. The van der Waals surface area contributed by atoms with Gasteiger partial charge in [0.15, 0.2) is 4.96 Å². The summed E-state index contributed by atoms with van der Waals surface area (Å²) in [4.78, 5) is 5.39. The topological polar surface area (TPSA) is 57.9 Å². The van der Waals surface area contributed by atoms with E-state index in [9.17, 15) is 8.42 Å². The number of hydrogen-bond acceptors (Lipinski definition) is 4. The lowest BCUT2D eigenvalue weighted by Gasteiger charge is -2.33. The van der Waals surface area contributed by atoms with Crippen molar-refractivity contribution in [2.75, 3.05) is 20.1 Å². The van der Waals surface area contributed by atoms with E-state index in [1.807, 2.05) is 22.9 Å². The van der Waals surface area contributed by atoms with Gasteiger partial charge in [0.1, 0.15) is 0 Å². The molecule has 0 unspecified atom stereocenters. The smallest absolute Gasteiger partial charge is 0.282 e. The molecule has 0 saturated carbocycles. The van der Waals surface area contributed by atoms with Crippen molar-refractivity contribution in [3.8, 4) is 0 Å². The molecule has 0 spiro atoms. The number of aromatic nitrogens is 2. The Balaban J connectivity index is 1.82. The van der Waals surface area contributed by atoms with E-state index in [-0.39, 0.29) is 0 Å². The summed E-state index contributed by atoms with van der Waals surface area (Å²) in [6.45, 7) is 5.62. The average molecular weight is 342 g/mol. The Kier molecular flexibility index (Phi) is 4.28. The van der Waals surface area contributed by atoms with Crippen LogP contribution in [0.1, 0.15) is 31.2 Å². The quantitative estimate of drug-likeness (QED) is 0.855. The van der Waals surface area contributed by atoms with Gasteiger partial charge in [-0.3, -0.25) is 4.40 Å². The van der Waals surface area contributed by atoms with E-state index >= 15 is 0 Å². The SMILES string of the molecule is Cc1nc2sccn2c1CN(C)S(=O)(=O)N1CCC[C@@H](C)C1. The van der Waals surface area contributed by atoms with Crippen molar-refractivity contribution in [3.63, 3.8) is 0 Å². The molecule has 1 saturated heterocycles. The molecule has 8 heteroatoms. The zero-order valence-electron chi connectivity index (χ0n) is 13.2. The molecule has 1 aliphatic heterocycles. The van der Waals surface area contributed by atoms with Gasteiger partial charge in [0.25, 0.3) is 10.2 Å². The van der Waals surface area contributed by atoms with Crippen LogP contribution in [0.3, 0.4) is 0 Å². The van der Waals surface area contributed by atoms with E-state index in [0.29, 0.717) is 25.6 Å². The maximum Gasteiger partial charge on any atom is 0.282 e. The summed E-state index contributed by atoms with van der Waals surface area (Å²) < 4.78 is 30.6. The van der Waals surface area contributed by atoms with Gasteiger partial charge in [0.2, 0.25) is 0 Å². The van der Waals surface area contributed by atoms with Crippen LogP contribution >= 0.6 is 11.3 Å². The molecule has 0 bridgehead atoms. The average Bonchev–Trinajstić information content (AvgIpc) is 3.02. The standard InChI is InChI=1S/C14H22N4O2S2/c1-11-5-4-6-17(9-11)22(19,20)16(3)10-13-12(2)15-14-18(13)7-8-21-14/h7-8,11H,4-6,9-10H2,1-3H3/t11-/m1/s1. The molecule has 0 N–H and O–H groups in total. The van der Waals surface area contributed by atoms with Crippen molar-refractivity contribution in [3.05, 3.63) is 23.0 Å². The van der Waals surface area contributed by atoms with Gasteiger partial charge in [0, 0.05) is 31.7 Å². The summed E-state index contributed by atoms with van der Waals surface area (Å²) in [7, 11) is -1.76. The minimum absolute atomic E-state index is 0.344. The molecule has 1 atom stereocenters. The van der Waals surface area contributed by atoms with Crippen LogP contribution in [0.2, 0.25) is 0 Å². The Morgan fingerprint density at radius 2 is 2.27 bits per heavy atom. The normalized spacial score (nSPS) is 21.0. The fraction of sp³-hybridized carbons (Fsp3) is 0.643. The molecule has 1 aliphatic rings. The number of fused-ring (bicyclic) bond motifs is 1. The van der Waals surface area contributed by atoms with E-state index < -0.39 is 10.2 Å². The lowest BCUT2D eigenvalue weighted by Crippen LogP contribution is -2.46. The number of nitrogens with zero attached hydrogens (tertiary/aromatic N) is 4. The van der Waals surface area contributed by atoms with Crippen molar-refractivity contribution in [1.29, 1.82) is 0 Å². The third-order valence-corrected chi connectivity index (χ3v) is 6.93. The number of aryl methyl sites for hydroxylation is 1. The first-order valence-electron chi connectivity index (χ1n) is 7.52. The second-order valence-electron chi connectivity index (χ2n) is 6.07. The van der Waals surface area contributed by atoms with Gasteiger partial charge in [-0.2, -0.15) is 17.0 Å². The maximum atomic E-state index is 12.8. The van der Waals surface area contributed by atoms with Crippen molar-refractivity contribution in [1.82, 2.24) is 18.0 Å². The first kappa shape index (κ1) is 15.9. The minimum Gasteiger partial charge on any atom is -0.293 e. The lowest BCUT2D eigenvalue weighted by molar-refractivity contribution is 0.262. The lowest BCUT2D eigenvalue weighted by atomic mass is 10.0. The van der Waals surface area contributed by atoms with E-state index in [0.717, 1.165) is 29.2 Å². The van der Waals surface area contributed by atoms with E-state index in [1.54, 1.807) is 22.7 Å². The molecule has 22 heavy (non-hydrogen) atoms. The number of thiazole rings is 1. The van der Waals surface area contributed by atoms with Gasteiger partial charge in [-0.05, 0) is 25.7 Å². The highest BCUT2D eigenvalue weighted by atomic mass is 32.2. The fourth-order valence-corrected chi connectivity index (χ4v) is 5.24. The predicted molar refractivity (Wildman–Crippen MR) is 88.2 cm³/mol. The third-order valence-electron chi connectivity index (χ3n) is 4.27. The second kappa shape index (κ2) is 5.92. The van der Waals surface area contributed by atoms with Gasteiger partial charge in [0.05, 0.1) is 17.9 Å². The molecule has 0 aromatic carbocycles. The first-order chi connectivity index (χ1) is 10.4. The van der Waals surface area contributed by atoms with Gasteiger partial charge in [-0.25, -0.2) is 4.98 Å². The predicted octanol–water partition coefficient (Wildman–Crippen LogP) is 2.11. The minimum atomic E-state index is -3.41. The van der Waals surface area contributed by atoms with Crippen molar-refractivity contribution < 1.29 is 8.42 Å². The summed E-state index contributed by atoms with van der Waals surface area (Å²) in [6.07, 6.45) is 3.99. The number of imidazole rings is 1. The van der Waals surface area contributed by atoms with Crippen LogP contribution in [0, 0.1) is 12.8 Å².